The van der Waals surface area contributed by atoms with Gasteiger partial charge in [-0.25, -0.2) is 0 Å². The van der Waals surface area contributed by atoms with Gasteiger partial charge in [0.2, 0.25) is 0 Å². The molecule has 154 valence electrons. The van der Waals surface area contributed by atoms with Gasteiger partial charge in [0, 0.05) is 11.5 Å². The maximum Gasteiger partial charge on any atom is 0.187 e. The molecule has 2 fully saturated rings. The number of rotatable bonds is 7. The van der Waals surface area contributed by atoms with Gasteiger partial charge in [0.1, 0.15) is 42.7 Å². The zero-order chi connectivity index (χ0) is 19.4. The van der Waals surface area contributed by atoms with Gasteiger partial charge in [-0.1, -0.05) is 0 Å². The van der Waals surface area contributed by atoms with E-state index in [1.807, 2.05) is 0 Å². The first-order valence-corrected chi connectivity index (χ1v) is 9.43. The van der Waals surface area contributed by atoms with Gasteiger partial charge >= 0.3 is 0 Å². The molecule has 0 aromatic rings. The van der Waals surface area contributed by atoms with Crippen LogP contribution in [-0.2, 0) is 18.9 Å². The molecule has 0 aliphatic carbocycles. The maximum absolute atomic E-state index is 10.3. The molecule has 0 radical (unpaired) electrons. The van der Waals surface area contributed by atoms with E-state index in [0.29, 0.717) is 5.75 Å². The van der Waals surface area contributed by atoms with E-state index in [1.165, 1.54) is 0 Å². The van der Waals surface area contributed by atoms with Crippen LogP contribution in [0.5, 0.6) is 0 Å². The van der Waals surface area contributed by atoms with Crippen molar-refractivity contribution in [1.29, 1.82) is 0 Å². The number of hydrogen-bond acceptors (Lipinski definition) is 12. The molecule has 0 aromatic heterocycles. The highest BCUT2D eigenvalue weighted by molar-refractivity contribution is 7.80. The van der Waals surface area contributed by atoms with Crippen molar-refractivity contribution >= 4 is 25.3 Å². The van der Waals surface area contributed by atoms with Crippen LogP contribution in [0.2, 0.25) is 0 Å². The average Bonchev–Trinajstić information content (AvgIpc) is 2.64. The molecule has 2 aliphatic heterocycles. The molecule has 12 heteroatoms. The molecule has 2 rings (SSSR count). The lowest BCUT2D eigenvalue weighted by atomic mass is 9.97. The number of aliphatic hydroxyl groups excluding tert-OH is 6. The first-order valence-electron chi connectivity index (χ1n) is 8.16. The van der Waals surface area contributed by atoms with E-state index < -0.39 is 68.0 Å². The number of aliphatic hydroxyl groups is 6. The van der Waals surface area contributed by atoms with Crippen molar-refractivity contribution in [3.63, 3.8) is 0 Å². The second-order valence-electron chi connectivity index (χ2n) is 6.10. The molecule has 0 saturated carbocycles. The minimum atomic E-state index is -1.62. The monoisotopic (exact) mass is 418 g/mol. The van der Waals surface area contributed by atoms with Crippen LogP contribution in [0.1, 0.15) is 0 Å². The molecule has 26 heavy (non-hydrogen) atoms. The SMILES string of the molecule is OCC1O[C@@H](OCCS)C(O)[C@@H](O)[C@@H]1O[C@@H]1OC(CS)[C@H](O)[C@H](O)C1O. The Balaban J connectivity index is 2.09. The third kappa shape index (κ3) is 4.82. The second kappa shape index (κ2) is 10.2. The molecule has 2 aliphatic rings. The van der Waals surface area contributed by atoms with E-state index in [-0.39, 0.29) is 12.4 Å². The van der Waals surface area contributed by atoms with Crippen LogP contribution in [0, 0.1) is 0 Å². The van der Waals surface area contributed by atoms with Crippen molar-refractivity contribution in [2.45, 2.75) is 61.4 Å². The van der Waals surface area contributed by atoms with Gasteiger partial charge < -0.3 is 49.6 Å². The molecule has 0 spiro atoms. The Morgan fingerprint density at radius 1 is 0.769 bits per heavy atom. The molecule has 2 heterocycles. The van der Waals surface area contributed by atoms with Crippen LogP contribution in [-0.4, -0.2) is 117 Å². The predicted octanol–water partition coefficient (Wildman–Crippen LogP) is -3.51. The zero-order valence-electron chi connectivity index (χ0n) is 13.8. The minimum Gasteiger partial charge on any atom is -0.394 e. The van der Waals surface area contributed by atoms with Crippen LogP contribution >= 0.6 is 25.3 Å². The molecule has 10 nitrogen and oxygen atoms in total. The molecule has 0 aromatic carbocycles. The Kier molecular flexibility index (Phi) is 8.85. The largest absolute Gasteiger partial charge is 0.394 e. The lowest BCUT2D eigenvalue weighted by molar-refractivity contribution is -0.355. The summed E-state index contributed by atoms with van der Waals surface area (Å²) in [7, 11) is 0. The molecule has 6 N–H and O–H groups in total. The molecule has 10 atom stereocenters. The lowest BCUT2D eigenvalue weighted by Crippen LogP contribution is -2.64. The highest BCUT2D eigenvalue weighted by Crippen LogP contribution is 2.29. The van der Waals surface area contributed by atoms with Gasteiger partial charge in [0.05, 0.1) is 19.3 Å². The zero-order valence-corrected chi connectivity index (χ0v) is 15.6. The van der Waals surface area contributed by atoms with Crippen LogP contribution in [0.3, 0.4) is 0 Å². The van der Waals surface area contributed by atoms with Crippen molar-refractivity contribution in [1.82, 2.24) is 0 Å². The molecule has 2 saturated heterocycles. The van der Waals surface area contributed by atoms with Crippen LogP contribution in [0.15, 0.2) is 0 Å². The highest BCUT2D eigenvalue weighted by Gasteiger charge is 2.50. The lowest BCUT2D eigenvalue weighted by Gasteiger charge is -2.46. The molecular weight excluding hydrogens is 392 g/mol. The van der Waals surface area contributed by atoms with Gasteiger partial charge in [0.25, 0.3) is 0 Å². The molecule has 0 amide bonds. The van der Waals surface area contributed by atoms with Crippen LogP contribution in [0.4, 0.5) is 0 Å². The minimum absolute atomic E-state index is 0.0419. The van der Waals surface area contributed by atoms with Crippen molar-refractivity contribution in [2.75, 3.05) is 24.7 Å². The summed E-state index contributed by atoms with van der Waals surface area (Å²) in [6.07, 6.45) is -13.5. The number of thiol groups is 2. The van der Waals surface area contributed by atoms with Crippen molar-refractivity contribution in [2.24, 2.45) is 0 Å². The van der Waals surface area contributed by atoms with E-state index in [9.17, 15) is 30.6 Å². The van der Waals surface area contributed by atoms with E-state index >= 15 is 0 Å². The summed E-state index contributed by atoms with van der Waals surface area (Å²) in [5.74, 6) is 0.403. The summed E-state index contributed by atoms with van der Waals surface area (Å²) < 4.78 is 21.5. The van der Waals surface area contributed by atoms with Crippen molar-refractivity contribution in [3.05, 3.63) is 0 Å². The third-order valence-electron chi connectivity index (χ3n) is 4.33. The van der Waals surface area contributed by atoms with Gasteiger partial charge in [-0.3, -0.25) is 0 Å². The van der Waals surface area contributed by atoms with Crippen molar-refractivity contribution < 1.29 is 49.6 Å². The topological polar surface area (TPSA) is 158 Å². The third-order valence-corrected chi connectivity index (χ3v) is 4.88. The summed E-state index contributed by atoms with van der Waals surface area (Å²) in [6, 6.07) is 0. The molecule has 0 bridgehead atoms. The molecule has 4 unspecified atom stereocenters. The smallest absolute Gasteiger partial charge is 0.187 e. The van der Waals surface area contributed by atoms with E-state index in [1.54, 1.807) is 0 Å². The van der Waals surface area contributed by atoms with Crippen LogP contribution < -0.4 is 0 Å². The normalized spacial score (nSPS) is 47.1. The number of ether oxygens (including phenoxy) is 4. The summed E-state index contributed by atoms with van der Waals surface area (Å²) in [4.78, 5) is 0. The standard InChI is InChI=1S/C14H26O10S2/c15-3-5-12(9(18)11(20)13(22-5)21-1-2-25)24-14-10(19)8(17)7(16)6(4-26)23-14/h5-20,25-26H,1-4H2/t5?,6?,7-,8-,9+,10?,11?,12+,13+,14-/m0/s1. The van der Waals surface area contributed by atoms with Gasteiger partial charge in [-0.15, -0.1) is 0 Å². The quantitative estimate of drug-likeness (QED) is 0.195. The fourth-order valence-electron chi connectivity index (χ4n) is 2.86. The summed E-state index contributed by atoms with van der Waals surface area (Å²) in [5, 5.41) is 59.8. The molecular formula is C14H26O10S2. The van der Waals surface area contributed by atoms with E-state index in [2.05, 4.69) is 25.3 Å². The highest BCUT2D eigenvalue weighted by atomic mass is 32.1. The first-order chi connectivity index (χ1) is 12.3. The maximum atomic E-state index is 10.3. The van der Waals surface area contributed by atoms with Gasteiger partial charge in [-0.2, -0.15) is 25.3 Å². The summed E-state index contributed by atoms with van der Waals surface area (Å²) in [5.41, 5.74) is 0. The fraction of sp³-hybridized carbons (Fsp3) is 1.00. The summed E-state index contributed by atoms with van der Waals surface area (Å²) in [6.45, 7) is -0.418. The van der Waals surface area contributed by atoms with Crippen molar-refractivity contribution in [3.8, 4) is 0 Å². The predicted molar refractivity (Wildman–Crippen MR) is 93.0 cm³/mol. The summed E-state index contributed by atoms with van der Waals surface area (Å²) >= 11 is 7.97. The van der Waals surface area contributed by atoms with E-state index in [0.717, 1.165) is 0 Å². The first kappa shape index (κ1) is 22.6. The van der Waals surface area contributed by atoms with Gasteiger partial charge in [-0.05, 0) is 0 Å². The Bertz CT molecular complexity index is 429. The Morgan fingerprint density at radius 3 is 1.96 bits per heavy atom. The number of hydrogen-bond donors (Lipinski definition) is 8. The van der Waals surface area contributed by atoms with E-state index in [4.69, 9.17) is 18.9 Å². The second-order valence-corrected chi connectivity index (χ2v) is 6.91. The Labute approximate surface area is 161 Å². The Morgan fingerprint density at radius 2 is 1.38 bits per heavy atom. The average molecular weight is 418 g/mol. The Hall–Kier alpha value is 0.300. The van der Waals surface area contributed by atoms with Gasteiger partial charge in [0.15, 0.2) is 12.6 Å². The van der Waals surface area contributed by atoms with Crippen LogP contribution in [0.25, 0.3) is 0 Å². The fourth-order valence-corrected chi connectivity index (χ4v) is 3.27.